The summed E-state index contributed by atoms with van der Waals surface area (Å²) in [6, 6.07) is -3.74. The third-order valence-corrected chi connectivity index (χ3v) is 4.51. The highest BCUT2D eigenvalue weighted by atomic mass is 16.4. The van der Waals surface area contributed by atoms with Crippen molar-refractivity contribution in [2.24, 2.45) is 5.92 Å². The maximum absolute atomic E-state index is 12.6. The summed E-state index contributed by atoms with van der Waals surface area (Å²) in [7, 11) is 0. The molecule has 0 aromatic carbocycles. The van der Waals surface area contributed by atoms with Gasteiger partial charge in [0.05, 0.1) is 12.1 Å². The third-order valence-electron chi connectivity index (χ3n) is 4.51. The van der Waals surface area contributed by atoms with E-state index in [0.29, 0.717) is 13.0 Å². The van der Waals surface area contributed by atoms with Gasteiger partial charge in [-0.1, -0.05) is 13.8 Å². The Morgan fingerprint density at radius 1 is 1.04 bits per heavy atom. The first-order chi connectivity index (χ1) is 13.0. The number of hydrogen-bond acceptors (Lipinski definition) is 6. The predicted molar refractivity (Wildman–Crippen MR) is 101 cm³/mol. The van der Waals surface area contributed by atoms with E-state index >= 15 is 0 Å². The zero-order chi connectivity index (χ0) is 21.4. The molecule has 28 heavy (non-hydrogen) atoms. The monoisotopic (exact) mass is 400 g/mol. The number of hydrogen-bond donors (Lipinski definition) is 6. The first-order valence-corrected chi connectivity index (χ1v) is 9.58. The standard InChI is InChI=1S/C18H32N4O6/c1-9(2)8-13(16(25)20-10(3)18(27)28)21-17(26)14(11(4)23)22-15(24)12-6-5-7-19-12/h9-14,19,23H,5-8H2,1-4H3,(H,20,25)(H,21,26)(H,22,24)(H,27,28). The van der Waals surface area contributed by atoms with Crippen LogP contribution in [-0.2, 0) is 19.2 Å². The number of aliphatic hydroxyl groups is 1. The number of carbonyl (C=O) groups excluding carboxylic acids is 3. The minimum Gasteiger partial charge on any atom is -0.480 e. The van der Waals surface area contributed by atoms with Crippen molar-refractivity contribution in [1.29, 1.82) is 0 Å². The molecule has 0 radical (unpaired) electrons. The molecular weight excluding hydrogens is 368 g/mol. The number of aliphatic carboxylic acids is 1. The highest BCUT2D eigenvalue weighted by molar-refractivity contribution is 5.94. The molecule has 5 atom stereocenters. The Morgan fingerprint density at radius 2 is 1.68 bits per heavy atom. The summed E-state index contributed by atoms with van der Waals surface area (Å²) in [6.07, 6.45) is 0.591. The van der Waals surface area contributed by atoms with Gasteiger partial charge in [-0.15, -0.1) is 0 Å². The van der Waals surface area contributed by atoms with E-state index < -0.39 is 48.1 Å². The van der Waals surface area contributed by atoms with E-state index in [4.69, 9.17) is 5.11 Å². The number of nitrogens with one attached hydrogen (secondary N) is 4. The Labute approximate surface area is 164 Å². The normalized spacial score (nSPS) is 20.7. The van der Waals surface area contributed by atoms with E-state index in [0.717, 1.165) is 6.42 Å². The molecule has 1 heterocycles. The second-order valence-corrected chi connectivity index (χ2v) is 7.64. The molecule has 0 spiro atoms. The molecule has 3 amide bonds. The molecule has 1 fully saturated rings. The maximum Gasteiger partial charge on any atom is 0.325 e. The lowest BCUT2D eigenvalue weighted by Gasteiger charge is -2.26. The summed E-state index contributed by atoms with van der Waals surface area (Å²) >= 11 is 0. The molecule has 0 saturated carbocycles. The van der Waals surface area contributed by atoms with E-state index in [9.17, 15) is 24.3 Å². The summed E-state index contributed by atoms with van der Waals surface area (Å²) in [5.74, 6) is -2.88. The molecule has 1 aliphatic rings. The van der Waals surface area contributed by atoms with Gasteiger partial charge < -0.3 is 31.5 Å². The fraction of sp³-hybridized carbons (Fsp3) is 0.778. The SMILES string of the molecule is CC(C)CC(NC(=O)C(NC(=O)C1CCCN1)C(C)O)C(=O)NC(C)C(=O)O. The number of carboxylic acids is 1. The third kappa shape index (κ3) is 7.43. The number of rotatable bonds is 10. The second-order valence-electron chi connectivity index (χ2n) is 7.64. The highest BCUT2D eigenvalue weighted by Gasteiger charge is 2.33. The Hall–Kier alpha value is -2.20. The topological polar surface area (TPSA) is 157 Å². The largest absolute Gasteiger partial charge is 0.480 e. The van der Waals surface area contributed by atoms with Crippen LogP contribution < -0.4 is 21.3 Å². The van der Waals surface area contributed by atoms with Gasteiger partial charge in [-0.05, 0) is 45.6 Å². The second kappa shape index (κ2) is 11.0. The maximum atomic E-state index is 12.6. The minimum atomic E-state index is -1.23. The molecule has 10 heteroatoms. The highest BCUT2D eigenvalue weighted by Crippen LogP contribution is 2.08. The Morgan fingerprint density at radius 3 is 2.14 bits per heavy atom. The van der Waals surface area contributed by atoms with Crippen LogP contribution in [0.4, 0.5) is 0 Å². The zero-order valence-electron chi connectivity index (χ0n) is 16.8. The van der Waals surface area contributed by atoms with Crippen LogP contribution in [0.25, 0.3) is 0 Å². The average Bonchev–Trinajstić information content (AvgIpc) is 3.12. The van der Waals surface area contributed by atoms with Crippen molar-refractivity contribution in [3.05, 3.63) is 0 Å². The van der Waals surface area contributed by atoms with E-state index in [2.05, 4.69) is 21.3 Å². The van der Waals surface area contributed by atoms with Gasteiger partial charge in [-0.3, -0.25) is 19.2 Å². The van der Waals surface area contributed by atoms with Crippen LogP contribution in [-0.4, -0.2) is 70.7 Å². The summed E-state index contributed by atoms with van der Waals surface area (Å²) in [5, 5.41) is 29.3. The molecule has 0 bridgehead atoms. The molecular formula is C18H32N4O6. The molecule has 5 unspecified atom stereocenters. The number of carboxylic acid groups (broad SMARTS) is 1. The van der Waals surface area contributed by atoms with Crippen LogP contribution in [0.1, 0.15) is 47.0 Å². The van der Waals surface area contributed by atoms with Gasteiger partial charge in [0.25, 0.3) is 0 Å². The van der Waals surface area contributed by atoms with Crippen molar-refractivity contribution in [2.75, 3.05) is 6.54 Å². The molecule has 0 aliphatic carbocycles. The van der Waals surface area contributed by atoms with Crippen LogP contribution in [0.2, 0.25) is 0 Å². The van der Waals surface area contributed by atoms with Crippen molar-refractivity contribution in [1.82, 2.24) is 21.3 Å². The first kappa shape index (κ1) is 23.8. The average molecular weight is 400 g/mol. The lowest BCUT2D eigenvalue weighted by Crippen LogP contribution is -2.59. The van der Waals surface area contributed by atoms with Crippen molar-refractivity contribution in [3.63, 3.8) is 0 Å². The van der Waals surface area contributed by atoms with Crippen LogP contribution in [0.5, 0.6) is 0 Å². The number of aliphatic hydroxyl groups excluding tert-OH is 1. The van der Waals surface area contributed by atoms with E-state index in [1.807, 2.05) is 13.8 Å². The number of amides is 3. The Balaban J connectivity index is 2.81. The summed E-state index contributed by atoms with van der Waals surface area (Å²) in [6.45, 7) is 7.11. The lowest BCUT2D eigenvalue weighted by atomic mass is 10.0. The first-order valence-electron chi connectivity index (χ1n) is 9.58. The minimum absolute atomic E-state index is 0.0402. The van der Waals surface area contributed by atoms with Gasteiger partial charge in [0.1, 0.15) is 18.1 Å². The van der Waals surface area contributed by atoms with E-state index in [-0.39, 0.29) is 18.2 Å². The Kier molecular flexibility index (Phi) is 9.33. The molecule has 1 saturated heterocycles. The van der Waals surface area contributed by atoms with Crippen molar-refractivity contribution < 1.29 is 29.4 Å². The van der Waals surface area contributed by atoms with Crippen LogP contribution >= 0.6 is 0 Å². The molecule has 1 aliphatic heterocycles. The van der Waals surface area contributed by atoms with E-state index in [1.54, 1.807) is 0 Å². The van der Waals surface area contributed by atoms with Crippen LogP contribution in [0, 0.1) is 5.92 Å². The summed E-state index contributed by atoms with van der Waals surface area (Å²) in [4.78, 5) is 48.3. The molecule has 0 aromatic heterocycles. The lowest BCUT2D eigenvalue weighted by molar-refractivity contribution is -0.142. The zero-order valence-corrected chi connectivity index (χ0v) is 16.8. The van der Waals surface area contributed by atoms with Gasteiger partial charge in [0.15, 0.2) is 0 Å². The smallest absolute Gasteiger partial charge is 0.325 e. The van der Waals surface area contributed by atoms with Gasteiger partial charge in [0, 0.05) is 0 Å². The van der Waals surface area contributed by atoms with Crippen LogP contribution in [0.15, 0.2) is 0 Å². The summed E-state index contributed by atoms with van der Waals surface area (Å²) in [5.41, 5.74) is 0. The van der Waals surface area contributed by atoms with Gasteiger partial charge in [-0.2, -0.15) is 0 Å². The van der Waals surface area contributed by atoms with E-state index in [1.165, 1.54) is 13.8 Å². The van der Waals surface area contributed by atoms with Crippen molar-refractivity contribution in [2.45, 2.75) is 77.2 Å². The van der Waals surface area contributed by atoms with Gasteiger partial charge in [0.2, 0.25) is 17.7 Å². The quantitative estimate of drug-likeness (QED) is 0.267. The molecule has 0 aromatic rings. The number of carbonyl (C=O) groups is 4. The fourth-order valence-corrected chi connectivity index (χ4v) is 2.91. The van der Waals surface area contributed by atoms with Crippen molar-refractivity contribution in [3.8, 4) is 0 Å². The van der Waals surface area contributed by atoms with Gasteiger partial charge >= 0.3 is 5.97 Å². The van der Waals surface area contributed by atoms with Gasteiger partial charge in [-0.25, -0.2) is 0 Å². The molecule has 6 N–H and O–H groups in total. The molecule has 1 rings (SSSR count). The molecule has 160 valence electrons. The fourth-order valence-electron chi connectivity index (χ4n) is 2.91. The van der Waals surface area contributed by atoms with Crippen molar-refractivity contribution >= 4 is 23.7 Å². The summed E-state index contributed by atoms with van der Waals surface area (Å²) < 4.78 is 0. The predicted octanol–water partition coefficient (Wildman–Crippen LogP) is -1.28. The van der Waals surface area contributed by atoms with Crippen LogP contribution in [0.3, 0.4) is 0 Å². The Bertz CT molecular complexity index is 574. The molecule has 10 nitrogen and oxygen atoms in total.